The zero-order valence-corrected chi connectivity index (χ0v) is 33.1. The Morgan fingerprint density at radius 1 is 0.810 bits per heavy atom. The number of halogens is 1. The lowest BCUT2D eigenvalue weighted by Gasteiger charge is -2.40. The number of nitrogens with zero attached hydrogens (tertiary/aromatic N) is 6. The molecule has 58 heavy (non-hydrogen) atoms. The van der Waals surface area contributed by atoms with E-state index >= 15 is 0 Å². The molecule has 2 atom stereocenters. The number of carbonyl (C=O) groups is 5. The van der Waals surface area contributed by atoms with Crippen molar-refractivity contribution >= 4 is 58.2 Å². The van der Waals surface area contributed by atoms with Gasteiger partial charge in [-0.3, -0.25) is 39.1 Å². The van der Waals surface area contributed by atoms with Crippen molar-refractivity contribution < 1.29 is 28.7 Å². The van der Waals surface area contributed by atoms with E-state index in [2.05, 4.69) is 37.0 Å². The van der Waals surface area contributed by atoms with Crippen LogP contribution in [0.15, 0.2) is 60.7 Å². The topological polar surface area (TPSA) is 127 Å². The van der Waals surface area contributed by atoms with E-state index in [-0.39, 0.29) is 36.2 Å². The number of hydrogen-bond donors (Lipinski definition) is 1. The van der Waals surface area contributed by atoms with Crippen molar-refractivity contribution in [3.05, 3.63) is 93.8 Å². The van der Waals surface area contributed by atoms with Crippen molar-refractivity contribution in [2.45, 2.75) is 57.1 Å². The number of piperazine rings is 1. The number of piperidine rings is 3. The molecule has 1 N–H and O–H groups in total. The Hall–Kier alpha value is -5.45. The van der Waals surface area contributed by atoms with Crippen LogP contribution in [0.1, 0.15) is 76.0 Å². The number of nitrogens with one attached hydrogen (secondary N) is 1. The van der Waals surface area contributed by atoms with Gasteiger partial charge in [0.05, 0.1) is 22.7 Å². The second-order valence-electron chi connectivity index (χ2n) is 16.7. The molecule has 1 spiro atoms. The van der Waals surface area contributed by atoms with Gasteiger partial charge in [0.25, 0.3) is 17.7 Å². The number of carbonyl (C=O) groups excluding carboxylic acids is 5. The summed E-state index contributed by atoms with van der Waals surface area (Å²) in [6, 6.07) is 17.7. The van der Waals surface area contributed by atoms with Crippen LogP contribution < -0.4 is 19.9 Å². The SMILES string of the molecule is [C-]#[N+]c1ccc(OC2CCN(C(=O)c3ccc(N4CCN(CC5CCN(c6ccc7c(c6)C(=O)N(C6CCC(=O)NC6=O)C7=O)CC5)CC4)cc3)CC23CC3)cc1Cl. The summed E-state index contributed by atoms with van der Waals surface area (Å²) in [5.41, 5.74) is 3.74. The van der Waals surface area contributed by atoms with E-state index in [1.807, 2.05) is 23.1 Å². The maximum Gasteiger partial charge on any atom is 0.262 e. The normalized spacial score (nSPS) is 23.5. The molecule has 9 rings (SSSR count). The molecule has 300 valence electrons. The van der Waals surface area contributed by atoms with Crippen molar-refractivity contribution in [2.24, 2.45) is 11.3 Å². The van der Waals surface area contributed by atoms with Crippen LogP contribution in [0.25, 0.3) is 4.85 Å². The third-order valence-electron chi connectivity index (χ3n) is 13.1. The van der Waals surface area contributed by atoms with Crippen LogP contribution in [0, 0.1) is 17.9 Å². The number of amides is 5. The van der Waals surface area contributed by atoms with Crippen molar-refractivity contribution in [3.63, 3.8) is 0 Å². The Morgan fingerprint density at radius 2 is 1.52 bits per heavy atom. The summed E-state index contributed by atoms with van der Waals surface area (Å²) in [5.74, 6) is -0.656. The van der Waals surface area contributed by atoms with Gasteiger partial charge in [-0.1, -0.05) is 17.7 Å². The second-order valence-corrected chi connectivity index (χ2v) is 17.1. The van der Waals surface area contributed by atoms with Crippen LogP contribution in [0.3, 0.4) is 0 Å². The molecule has 5 fully saturated rings. The van der Waals surface area contributed by atoms with E-state index in [4.69, 9.17) is 22.9 Å². The van der Waals surface area contributed by atoms with E-state index < -0.39 is 23.8 Å². The van der Waals surface area contributed by atoms with Gasteiger partial charge in [0.1, 0.15) is 17.9 Å². The predicted molar refractivity (Wildman–Crippen MR) is 217 cm³/mol. The van der Waals surface area contributed by atoms with Crippen molar-refractivity contribution in [1.82, 2.24) is 20.0 Å². The maximum absolute atomic E-state index is 13.6. The van der Waals surface area contributed by atoms with Crippen molar-refractivity contribution in [1.29, 1.82) is 0 Å². The van der Waals surface area contributed by atoms with E-state index in [1.165, 1.54) is 0 Å². The summed E-state index contributed by atoms with van der Waals surface area (Å²) in [5, 5.41) is 2.64. The number of fused-ring (bicyclic) bond motifs is 1. The van der Waals surface area contributed by atoms with Crippen LogP contribution in [-0.4, -0.2) is 115 Å². The molecule has 2 unspecified atom stereocenters. The van der Waals surface area contributed by atoms with Crippen LogP contribution in [0.4, 0.5) is 17.1 Å². The third-order valence-corrected chi connectivity index (χ3v) is 13.4. The minimum atomic E-state index is -0.968. The highest BCUT2D eigenvalue weighted by Gasteiger charge is 2.55. The highest BCUT2D eigenvalue weighted by molar-refractivity contribution is 6.33. The fourth-order valence-electron chi connectivity index (χ4n) is 9.53. The molecule has 0 aromatic heterocycles. The van der Waals surface area contributed by atoms with E-state index in [0.29, 0.717) is 52.2 Å². The molecule has 3 aromatic rings. The summed E-state index contributed by atoms with van der Waals surface area (Å²) in [7, 11) is 0. The molecule has 6 aliphatic rings. The van der Waals surface area contributed by atoms with Crippen LogP contribution in [0.2, 0.25) is 5.02 Å². The molecular weight excluding hydrogens is 758 g/mol. The molecule has 1 aliphatic carbocycles. The smallest absolute Gasteiger partial charge is 0.262 e. The molecule has 3 aromatic carbocycles. The fourth-order valence-corrected chi connectivity index (χ4v) is 9.75. The largest absolute Gasteiger partial charge is 0.490 e. The van der Waals surface area contributed by atoms with Gasteiger partial charge < -0.3 is 19.4 Å². The number of benzene rings is 3. The number of likely N-dealkylation sites (tertiary alicyclic amines) is 1. The molecule has 5 heterocycles. The second kappa shape index (κ2) is 15.4. The average Bonchev–Trinajstić information content (AvgIpc) is 3.96. The molecular formula is C44H46ClN7O6. The Balaban J connectivity index is 0.726. The number of anilines is 2. The summed E-state index contributed by atoms with van der Waals surface area (Å²) >= 11 is 6.25. The fraction of sp³-hybridized carbons (Fsp3) is 0.455. The Kier molecular flexibility index (Phi) is 10.1. The van der Waals surface area contributed by atoms with Crippen molar-refractivity contribution in [3.8, 4) is 5.75 Å². The molecule has 4 saturated heterocycles. The Morgan fingerprint density at radius 3 is 2.21 bits per heavy atom. The number of hydrogen-bond acceptors (Lipinski definition) is 9. The first-order valence-electron chi connectivity index (χ1n) is 20.4. The van der Waals surface area contributed by atoms with Gasteiger partial charge in [0, 0.05) is 94.1 Å². The summed E-state index contributed by atoms with van der Waals surface area (Å²) in [6.07, 6.45) is 5.11. The first-order valence-corrected chi connectivity index (χ1v) is 20.8. The minimum Gasteiger partial charge on any atom is -0.490 e. The summed E-state index contributed by atoms with van der Waals surface area (Å²) in [4.78, 5) is 77.8. The Bertz CT molecular complexity index is 2200. The highest BCUT2D eigenvalue weighted by atomic mass is 35.5. The first kappa shape index (κ1) is 38.1. The summed E-state index contributed by atoms with van der Waals surface area (Å²) in [6.45, 7) is 15.1. The van der Waals surface area contributed by atoms with E-state index in [0.717, 1.165) is 94.2 Å². The monoisotopic (exact) mass is 803 g/mol. The van der Waals surface area contributed by atoms with Gasteiger partial charge in [0.15, 0.2) is 0 Å². The molecule has 1 saturated carbocycles. The predicted octanol–water partition coefficient (Wildman–Crippen LogP) is 5.40. The third kappa shape index (κ3) is 7.28. The van der Waals surface area contributed by atoms with Crippen molar-refractivity contribution in [2.75, 3.05) is 68.7 Å². The first-order chi connectivity index (χ1) is 28.1. The quantitative estimate of drug-likeness (QED) is 0.235. The standard InChI is InChI=1S/C44H46ClN7O6/c1-46-36-9-7-32(25-35(36)45)58-38-14-19-51(27-44(38)15-16-44)41(55)29-2-4-30(5-3-29)50-22-20-48(21-23-50)26-28-12-17-49(18-13-28)31-6-8-33-34(24-31)43(57)52(42(33)56)37-10-11-39(53)47-40(37)54/h2-9,24-25,28,37-38H,10-23,26-27H2,(H,47,53,54). The van der Waals surface area contributed by atoms with Gasteiger partial charge >= 0.3 is 0 Å². The molecule has 0 bridgehead atoms. The summed E-state index contributed by atoms with van der Waals surface area (Å²) < 4.78 is 6.37. The van der Waals surface area contributed by atoms with Crippen LogP contribution >= 0.6 is 11.6 Å². The maximum atomic E-state index is 13.6. The lowest BCUT2D eigenvalue weighted by atomic mass is 9.90. The van der Waals surface area contributed by atoms with Crippen LogP contribution in [-0.2, 0) is 9.59 Å². The molecule has 5 amide bonds. The Labute approximate surface area is 342 Å². The van der Waals surface area contributed by atoms with Gasteiger partial charge in [-0.2, -0.15) is 0 Å². The number of ether oxygens (including phenoxy) is 1. The van der Waals surface area contributed by atoms with Crippen LogP contribution in [0.5, 0.6) is 5.75 Å². The lowest BCUT2D eigenvalue weighted by Crippen LogP contribution is -2.54. The highest BCUT2D eigenvalue weighted by Crippen LogP contribution is 2.53. The molecule has 13 nitrogen and oxygen atoms in total. The van der Waals surface area contributed by atoms with Gasteiger partial charge in [-0.05, 0) is 92.6 Å². The van der Waals surface area contributed by atoms with Gasteiger partial charge in [0.2, 0.25) is 17.5 Å². The van der Waals surface area contributed by atoms with E-state index in [9.17, 15) is 24.0 Å². The number of imide groups is 2. The molecule has 14 heteroatoms. The zero-order chi connectivity index (χ0) is 40.1. The van der Waals surface area contributed by atoms with E-state index in [1.54, 1.807) is 30.3 Å². The van der Waals surface area contributed by atoms with Gasteiger partial charge in [-0.25, -0.2) is 4.85 Å². The molecule has 0 radical (unpaired) electrons. The lowest BCUT2D eigenvalue weighted by molar-refractivity contribution is -0.136. The average molecular weight is 804 g/mol. The minimum absolute atomic E-state index is 0.0146. The number of rotatable bonds is 8. The molecule has 5 aliphatic heterocycles. The zero-order valence-electron chi connectivity index (χ0n) is 32.3. The van der Waals surface area contributed by atoms with Gasteiger partial charge in [-0.15, -0.1) is 0 Å².